The maximum absolute atomic E-state index is 13.6. The van der Waals surface area contributed by atoms with Gasteiger partial charge in [-0.05, 0) is 68.7 Å². The van der Waals surface area contributed by atoms with E-state index in [1.165, 1.54) is 18.5 Å². The van der Waals surface area contributed by atoms with E-state index in [1.807, 2.05) is 32.0 Å². The molecule has 0 spiro atoms. The SMILES string of the molecule is CCOC(=O)C1=C(C)N(CC(=O)Nc2cc(C)cc(C)c2)c2ncnn2[C@H]1c1ccc(F)cc1. The van der Waals surface area contributed by atoms with Crippen LogP contribution in [0.2, 0.25) is 0 Å². The number of fused-ring (bicyclic) bond motifs is 1. The van der Waals surface area contributed by atoms with Gasteiger partial charge in [-0.15, -0.1) is 0 Å². The normalized spacial score (nSPS) is 15.2. The molecule has 2 heterocycles. The predicted molar refractivity (Wildman–Crippen MR) is 126 cm³/mol. The van der Waals surface area contributed by atoms with Crippen LogP contribution in [0.25, 0.3) is 0 Å². The highest BCUT2D eigenvalue weighted by molar-refractivity contribution is 5.96. The second-order valence-electron chi connectivity index (χ2n) is 8.19. The topological polar surface area (TPSA) is 89.3 Å². The van der Waals surface area contributed by atoms with Gasteiger partial charge in [-0.1, -0.05) is 18.2 Å². The number of hydrogen-bond acceptors (Lipinski definition) is 6. The molecule has 3 aromatic rings. The Hall–Kier alpha value is -4.01. The van der Waals surface area contributed by atoms with Crippen molar-refractivity contribution < 1.29 is 18.7 Å². The lowest BCUT2D eigenvalue weighted by molar-refractivity contribution is -0.139. The van der Waals surface area contributed by atoms with Crippen molar-refractivity contribution in [3.63, 3.8) is 0 Å². The highest BCUT2D eigenvalue weighted by Crippen LogP contribution is 2.38. The van der Waals surface area contributed by atoms with Crippen molar-refractivity contribution in [3.8, 4) is 0 Å². The van der Waals surface area contributed by atoms with Gasteiger partial charge in [0, 0.05) is 11.4 Å². The summed E-state index contributed by atoms with van der Waals surface area (Å²) in [5.41, 5.74) is 4.24. The van der Waals surface area contributed by atoms with Crippen LogP contribution in [0.1, 0.15) is 36.6 Å². The molecule has 1 aliphatic heterocycles. The van der Waals surface area contributed by atoms with Crippen molar-refractivity contribution in [2.75, 3.05) is 23.4 Å². The summed E-state index contributed by atoms with van der Waals surface area (Å²) in [4.78, 5) is 32.0. The highest BCUT2D eigenvalue weighted by Gasteiger charge is 2.38. The summed E-state index contributed by atoms with van der Waals surface area (Å²) in [6.07, 6.45) is 1.36. The molecule has 0 unspecified atom stereocenters. The molecule has 2 aromatic carbocycles. The Kier molecular flexibility index (Phi) is 6.45. The smallest absolute Gasteiger partial charge is 0.338 e. The van der Waals surface area contributed by atoms with Crippen LogP contribution in [0, 0.1) is 19.7 Å². The number of halogens is 1. The number of ether oxygens (including phenoxy) is 1. The van der Waals surface area contributed by atoms with Gasteiger partial charge in [-0.25, -0.2) is 13.9 Å². The number of amides is 1. The number of rotatable bonds is 6. The fourth-order valence-corrected chi connectivity index (χ4v) is 4.24. The van der Waals surface area contributed by atoms with Gasteiger partial charge in [0.25, 0.3) is 0 Å². The third-order valence-electron chi connectivity index (χ3n) is 5.60. The van der Waals surface area contributed by atoms with Crippen molar-refractivity contribution in [1.29, 1.82) is 0 Å². The summed E-state index contributed by atoms with van der Waals surface area (Å²) in [6.45, 7) is 7.48. The molecule has 1 amide bonds. The molecular weight excluding hydrogens is 437 g/mol. The van der Waals surface area contributed by atoms with E-state index < -0.39 is 12.0 Å². The molecular formula is C25H26FN5O3. The lowest BCUT2D eigenvalue weighted by Crippen LogP contribution is -2.40. The number of carbonyl (C=O) groups excluding carboxylic acids is 2. The molecule has 0 saturated heterocycles. The fraction of sp³-hybridized carbons (Fsp3) is 0.280. The van der Waals surface area contributed by atoms with E-state index in [4.69, 9.17) is 4.74 Å². The summed E-state index contributed by atoms with van der Waals surface area (Å²) >= 11 is 0. The Labute approximate surface area is 197 Å². The lowest BCUT2D eigenvalue weighted by Gasteiger charge is -2.35. The zero-order chi connectivity index (χ0) is 24.4. The molecule has 8 nitrogen and oxygen atoms in total. The van der Waals surface area contributed by atoms with Gasteiger partial charge in [0.1, 0.15) is 24.7 Å². The summed E-state index contributed by atoms with van der Waals surface area (Å²) < 4.78 is 20.5. The first kappa shape index (κ1) is 23.2. The van der Waals surface area contributed by atoms with Crippen LogP contribution in [-0.2, 0) is 14.3 Å². The van der Waals surface area contributed by atoms with Gasteiger partial charge in [0.2, 0.25) is 11.9 Å². The molecule has 34 heavy (non-hydrogen) atoms. The Balaban J connectivity index is 1.72. The van der Waals surface area contributed by atoms with Gasteiger partial charge >= 0.3 is 5.97 Å². The zero-order valence-electron chi connectivity index (χ0n) is 19.5. The maximum Gasteiger partial charge on any atom is 0.338 e. The van der Waals surface area contributed by atoms with Crippen LogP contribution in [-0.4, -0.2) is 39.8 Å². The monoisotopic (exact) mass is 463 g/mol. The molecule has 176 valence electrons. The van der Waals surface area contributed by atoms with E-state index in [0.717, 1.165) is 11.1 Å². The highest BCUT2D eigenvalue weighted by atomic mass is 19.1. The number of anilines is 2. The lowest BCUT2D eigenvalue weighted by atomic mass is 9.95. The van der Waals surface area contributed by atoms with Crippen LogP contribution < -0.4 is 10.2 Å². The molecule has 1 N–H and O–H groups in total. The van der Waals surface area contributed by atoms with Gasteiger partial charge in [0.05, 0.1) is 12.2 Å². The van der Waals surface area contributed by atoms with E-state index in [1.54, 1.807) is 35.6 Å². The van der Waals surface area contributed by atoms with Gasteiger partial charge < -0.3 is 15.0 Å². The first-order chi connectivity index (χ1) is 16.3. The third-order valence-corrected chi connectivity index (χ3v) is 5.60. The van der Waals surface area contributed by atoms with E-state index in [9.17, 15) is 14.0 Å². The Bertz CT molecular complexity index is 1250. The molecule has 4 rings (SSSR count). The van der Waals surface area contributed by atoms with Crippen LogP contribution >= 0.6 is 0 Å². The maximum atomic E-state index is 13.6. The van der Waals surface area contributed by atoms with Gasteiger partial charge in [0.15, 0.2) is 0 Å². The minimum Gasteiger partial charge on any atom is -0.463 e. The number of aryl methyl sites for hydroxylation is 2. The number of aromatic nitrogens is 3. The molecule has 1 aliphatic rings. The van der Waals surface area contributed by atoms with Crippen molar-refractivity contribution in [2.24, 2.45) is 0 Å². The van der Waals surface area contributed by atoms with Crippen LogP contribution in [0.5, 0.6) is 0 Å². The largest absolute Gasteiger partial charge is 0.463 e. The van der Waals surface area contributed by atoms with Crippen molar-refractivity contribution in [3.05, 3.63) is 82.6 Å². The van der Waals surface area contributed by atoms with Crippen LogP contribution in [0.4, 0.5) is 16.0 Å². The molecule has 1 aromatic heterocycles. The molecule has 0 radical (unpaired) electrons. The summed E-state index contributed by atoms with van der Waals surface area (Å²) in [7, 11) is 0. The molecule has 1 atom stereocenters. The van der Waals surface area contributed by atoms with Crippen molar-refractivity contribution in [1.82, 2.24) is 14.8 Å². The Morgan fingerprint density at radius 1 is 1.09 bits per heavy atom. The molecule has 0 aliphatic carbocycles. The van der Waals surface area contributed by atoms with Crippen LogP contribution in [0.3, 0.4) is 0 Å². The number of benzene rings is 2. The number of hydrogen-bond donors (Lipinski definition) is 1. The Morgan fingerprint density at radius 2 is 1.76 bits per heavy atom. The third kappa shape index (κ3) is 4.54. The standard InChI is InChI=1S/C25H26FN5O3/c1-5-34-24(33)22-17(4)30(13-21(32)29-20-11-15(2)10-16(3)12-20)25-27-14-28-31(25)23(22)18-6-8-19(26)9-7-18/h6-12,14,23H,5,13H2,1-4H3,(H,29,32)/t23-/m0/s1. The summed E-state index contributed by atoms with van der Waals surface area (Å²) in [5, 5.41) is 7.24. The average Bonchev–Trinajstić information content (AvgIpc) is 3.25. The van der Waals surface area contributed by atoms with Crippen molar-refractivity contribution >= 4 is 23.5 Å². The second-order valence-corrected chi connectivity index (χ2v) is 8.19. The first-order valence-corrected chi connectivity index (χ1v) is 11.0. The van der Waals surface area contributed by atoms with Crippen molar-refractivity contribution in [2.45, 2.75) is 33.7 Å². The number of nitrogens with one attached hydrogen (secondary N) is 1. The van der Waals surface area contributed by atoms with E-state index in [-0.39, 0.29) is 24.9 Å². The summed E-state index contributed by atoms with van der Waals surface area (Å²) in [6, 6.07) is 11.0. The van der Waals surface area contributed by atoms with Gasteiger partial charge in [-0.2, -0.15) is 10.1 Å². The fourth-order valence-electron chi connectivity index (χ4n) is 4.24. The van der Waals surface area contributed by atoms with E-state index in [0.29, 0.717) is 28.5 Å². The second kappa shape index (κ2) is 9.46. The molecule has 9 heteroatoms. The zero-order valence-corrected chi connectivity index (χ0v) is 19.5. The molecule has 0 bridgehead atoms. The molecule has 0 saturated carbocycles. The summed E-state index contributed by atoms with van der Waals surface area (Å²) in [5.74, 6) is -0.797. The number of nitrogens with zero attached hydrogens (tertiary/aromatic N) is 4. The number of esters is 1. The van der Waals surface area contributed by atoms with E-state index in [2.05, 4.69) is 15.4 Å². The predicted octanol–water partition coefficient (Wildman–Crippen LogP) is 3.92. The van der Waals surface area contributed by atoms with E-state index >= 15 is 0 Å². The minimum atomic E-state index is -0.670. The number of carbonyl (C=O) groups is 2. The Morgan fingerprint density at radius 3 is 2.41 bits per heavy atom. The number of allylic oxidation sites excluding steroid dienone is 1. The van der Waals surface area contributed by atoms with Gasteiger partial charge in [-0.3, -0.25) is 4.79 Å². The quantitative estimate of drug-likeness (QED) is 0.558. The average molecular weight is 464 g/mol. The van der Waals surface area contributed by atoms with Crippen LogP contribution in [0.15, 0.2) is 60.1 Å². The molecule has 0 fully saturated rings. The minimum absolute atomic E-state index is 0.0867. The first-order valence-electron chi connectivity index (χ1n) is 11.0.